The molecule has 0 spiro atoms. The summed E-state index contributed by atoms with van der Waals surface area (Å²) in [5.74, 6) is 0. The SMILES string of the molecule is C1=COOCCCCCCCCCCCCCCN=N1. The van der Waals surface area contributed by atoms with Crippen LogP contribution in [0, 0.1) is 0 Å². The molecule has 4 heteroatoms. The summed E-state index contributed by atoms with van der Waals surface area (Å²) in [7, 11) is 0. The number of nitrogens with zero attached hydrogens (tertiary/aromatic N) is 2. The van der Waals surface area contributed by atoms with Crippen molar-refractivity contribution in [1.82, 2.24) is 0 Å². The number of rotatable bonds is 0. The zero-order chi connectivity index (χ0) is 14.1. The van der Waals surface area contributed by atoms with E-state index in [0.29, 0.717) is 6.61 Å². The monoisotopic (exact) mass is 282 g/mol. The molecule has 0 radical (unpaired) electrons. The Bertz CT molecular complexity index is 229. The molecule has 0 fully saturated rings. The van der Waals surface area contributed by atoms with Crippen LogP contribution in [-0.4, -0.2) is 13.2 Å². The van der Waals surface area contributed by atoms with Crippen molar-refractivity contribution in [3.05, 3.63) is 12.5 Å². The van der Waals surface area contributed by atoms with Crippen LogP contribution in [0.3, 0.4) is 0 Å². The first-order chi connectivity index (χ1) is 10.0. The summed E-state index contributed by atoms with van der Waals surface area (Å²) >= 11 is 0. The van der Waals surface area contributed by atoms with E-state index in [0.717, 1.165) is 19.4 Å². The fraction of sp³-hybridized carbons (Fsp3) is 0.875. The Balaban J connectivity index is 2.12. The van der Waals surface area contributed by atoms with Gasteiger partial charge in [-0.05, 0) is 12.8 Å². The average Bonchev–Trinajstić information content (AvgIpc) is 2.46. The molecule has 0 saturated carbocycles. The summed E-state index contributed by atoms with van der Waals surface area (Å²) < 4.78 is 0. The Labute approximate surface area is 123 Å². The summed E-state index contributed by atoms with van der Waals surface area (Å²) in [6.07, 6.45) is 18.7. The highest BCUT2D eigenvalue weighted by atomic mass is 17.2. The Morgan fingerprint density at radius 2 is 1.20 bits per heavy atom. The minimum absolute atomic E-state index is 0.654. The van der Waals surface area contributed by atoms with Gasteiger partial charge >= 0.3 is 0 Å². The van der Waals surface area contributed by atoms with E-state index in [1.807, 2.05) is 0 Å². The minimum Gasteiger partial charge on any atom is -0.344 e. The molecule has 1 aliphatic heterocycles. The van der Waals surface area contributed by atoms with E-state index in [1.54, 1.807) is 6.20 Å². The quantitative estimate of drug-likeness (QED) is 0.546. The second kappa shape index (κ2) is 14.5. The number of azo groups is 1. The van der Waals surface area contributed by atoms with Crippen molar-refractivity contribution in [2.24, 2.45) is 10.2 Å². The lowest BCUT2D eigenvalue weighted by molar-refractivity contribution is -0.249. The predicted molar refractivity (Wildman–Crippen MR) is 81.3 cm³/mol. The van der Waals surface area contributed by atoms with Crippen LogP contribution in [0.1, 0.15) is 77.0 Å². The lowest BCUT2D eigenvalue weighted by atomic mass is 10.1. The smallest absolute Gasteiger partial charge is 0.149 e. The van der Waals surface area contributed by atoms with Crippen LogP contribution in [0.15, 0.2) is 22.7 Å². The second-order valence-corrected chi connectivity index (χ2v) is 5.43. The molecule has 0 atom stereocenters. The zero-order valence-electron chi connectivity index (χ0n) is 12.8. The minimum atomic E-state index is 0.654. The molecule has 0 N–H and O–H groups in total. The van der Waals surface area contributed by atoms with E-state index in [2.05, 4.69) is 10.2 Å². The molecule has 0 saturated heterocycles. The van der Waals surface area contributed by atoms with Crippen molar-refractivity contribution in [3.63, 3.8) is 0 Å². The van der Waals surface area contributed by atoms with Gasteiger partial charge in [-0.15, -0.1) is 0 Å². The second-order valence-electron chi connectivity index (χ2n) is 5.43. The van der Waals surface area contributed by atoms with Gasteiger partial charge in [-0.3, -0.25) is 0 Å². The van der Waals surface area contributed by atoms with Gasteiger partial charge in [-0.1, -0.05) is 64.2 Å². The maximum Gasteiger partial charge on any atom is 0.149 e. The summed E-state index contributed by atoms with van der Waals surface area (Å²) in [6, 6.07) is 0. The maximum absolute atomic E-state index is 5.03. The molecule has 1 aliphatic rings. The van der Waals surface area contributed by atoms with Gasteiger partial charge in [0, 0.05) is 0 Å². The number of hydrogen-bond donors (Lipinski definition) is 0. The Morgan fingerprint density at radius 3 is 1.85 bits per heavy atom. The van der Waals surface area contributed by atoms with Crippen LogP contribution >= 0.6 is 0 Å². The molecule has 0 aromatic heterocycles. The van der Waals surface area contributed by atoms with E-state index in [9.17, 15) is 0 Å². The lowest BCUT2D eigenvalue weighted by Gasteiger charge is -2.03. The lowest BCUT2D eigenvalue weighted by Crippen LogP contribution is -1.92. The van der Waals surface area contributed by atoms with Crippen LogP contribution in [0.25, 0.3) is 0 Å². The molecule has 20 heavy (non-hydrogen) atoms. The van der Waals surface area contributed by atoms with Crippen molar-refractivity contribution in [2.45, 2.75) is 77.0 Å². The molecule has 1 rings (SSSR count). The largest absolute Gasteiger partial charge is 0.344 e. The molecule has 0 aliphatic carbocycles. The third kappa shape index (κ3) is 12.2. The average molecular weight is 282 g/mol. The van der Waals surface area contributed by atoms with E-state index < -0.39 is 0 Å². The van der Waals surface area contributed by atoms with Gasteiger partial charge in [0.15, 0.2) is 0 Å². The van der Waals surface area contributed by atoms with Crippen molar-refractivity contribution in [1.29, 1.82) is 0 Å². The highest BCUT2D eigenvalue weighted by molar-refractivity contribution is 4.66. The Kier molecular flexibility index (Phi) is 12.4. The third-order valence-corrected chi connectivity index (χ3v) is 3.57. The predicted octanol–water partition coefficient (Wildman–Crippen LogP) is 5.55. The summed E-state index contributed by atoms with van der Waals surface area (Å²) in [5, 5.41) is 7.97. The summed E-state index contributed by atoms with van der Waals surface area (Å²) in [4.78, 5) is 9.91. The third-order valence-electron chi connectivity index (χ3n) is 3.57. The van der Waals surface area contributed by atoms with Gasteiger partial charge in [0.1, 0.15) is 6.26 Å². The topological polar surface area (TPSA) is 43.2 Å². The first-order valence-corrected chi connectivity index (χ1v) is 8.30. The van der Waals surface area contributed by atoms with Crippen LogP contribution < -0.4 is 0 Å². The van der Waals surface area contributed by atoms with Crippen LogP contribution in [0.4, 0.5) is 0 Å². The maximum atomic E-state index is 5.03. The van der Waals surface area contributed by atoms with Crippen molar-refractivity contribution in [3.8, 4) is 0 Å². The van der Waals surface area contributed by atoms with Crippen LogP contribution in [0.5, 0.6) is 0 Å². The van der Waals surface area contributed by atoms with Crippen LogP contribution in [-0.2, 0) is 9.78 Å². The molecule has 1 heterocycles. The highest BCUT2D eigenvalue weighted by Crippen LogP contribution is 2.12. The first kappa shape index (κ1) is 17.2. The molecule has 116 valence electrons. The molecule has 0 unspecified atom stereocenters. The molecular weight excluding hydrogens is 252 g/mol. The van der Waals surface area contributed by atoms with E-state index in [1.165, 1.54) is 70.5 Å². The standard InChI is InChI=1S/C16H30N2O2/c1-2-4-6-8-10-12-15-19-20-16-14-18-17-13-11-9-7-5-3-1/h14,16H,1-13,15H2. The molecule has 4 nitrogen and oxygen atoms in total. The summed E-state index contributed by atoms with van der Waals surface area (Å²) in [6.45, 7) is 1.46. The van der Waals surface area contributed by atoms with Crippen molar-refractivity contribution >= 4 is 0 Å². The molecule has 0 amide bonds. The van der Waals surface area contributed by atoms with Crippen molar-refractivity contribution in [2.75, 3.05) is 13.2 Å². The first-order valence-electron chi connectivity index (χ1n) is 8.30. The molecule has 0 aromatic rings. The van der Waals surface area contributed by atoms with Gasteiger partial charge < -0.3 is 4.89 Å². The van der Waals surface area contributed by atoms with E-state index >= 15 is 0 Å². The normalized spacial score (nSPS) is 22.0. The van der Waals surface area contributed by atoms with Crippen molar-refractivity contribution < 1.29 is 9.78 Å². The van der Waals surface area contributed by atoms with Gasteiger partial charge in [-0.2, -0.15) is 15.1 Å². The summed E-state index contributed by atoms with van der Waals surface area (Å²) in [5.41, 5.74) is 0. The molecular formula is C16H30N2O2. The van der Waals surface area contributed by atoms with Gasteiger partial charge in [0.2, 0.25) is 0 Å². The molecule has 0 aromatic carbocycles. The van der Waals surface area contributed by atoms with Gasteiger partial charge in [0.05, 0.1) is 19.4 Å². The fourth-order valence-electron chi connectivity index (χ4n) is 2.36. The van der Waals surface area contributed by atoms with Gasteiger partial charge in [-0.25, -0.2) is 0 Å². The Morgan fingerprint density at radius 1 is 0.650 bits per heavy atom. The highest BCUT2D eigenvalue weighted by Gasteiger charge is 1.94. The Hall–Kier alpha value is -0.900. The van der Waals surface area contributed by atoms with E-state index in [4.69, 9.17) is 9.78 Å². The molecule has 0 bridgehead atoms. The van der Waals surface area contributed by atoms with Gasteiger partial charge in [0.25, 0.3) is 0 Å². The van der Waals surface area contributed by atoms with Crippen LogP contribution in [0.2, 0.25) is 0 Å². The zero-order valence-corrected chi connectivity index (χ0v) is 12.8. The van der Waals surface area contributed by atoms with E-state index in [-0.39, 0.29) is 0 Å². The number of hydrogen-bond acceptors (Lipinski definition) is 4. The fourth-order valence-corrected chi connectivity index (χ4v) is 2.36.